The van der Waals surface area contributed by atoms with Crippen molar-refractivity contribution in [1.82, 2.24) is 0 Å². The largest absolute Gasteiger partial charge is 0.462 e. The molecule has 6 nitrogen and oxygen atoms in total. The summed E-state index contributed by atoms with van der Waals surface area (Å²) >= 11 is 0. The van der Waals surface area contributed by atoms with E-state index in [1.54, 1.807) is 7.11 Å². The molecule has 160 valence electrons. The van der Waals surface area contributed by atoms with E-state index in [1.165, 1.54) is 6.92 Å². The zero-order chi connectivity index (χ0) is 21.4. The first-order valence-electron chi connectivity index (χ1n) is 10.6. The molecule has 4 fully saturated rings. The van der Waals surface area contributed by atoms with Crippen molar-refractivity contribution in [2.75, 3.05) is 7.11 Å². The summed E-state index contributed by atoms with van der Waals surface area (Å²) in [5, 5.41) is 0. The number of carbonyl (C=O) groups is 3. The second kappa shape index (κ2) is 6.48. The molecule has 0 radical (unpaired) electrons. The van der Waals surface area contributed by atoms with Crippen molar-refractivity contribution >= 4 is 17.5 Å². The topological polar surface area (TPSA) is 82.2 Å². The SMILES string of the molecule is C=C1C(=O)C23O[C@@H]2C1CCC(=O)[C@]1(C)CC[C@H](OC(C)=O)C(C)(C)C1C[C@H]3OC. The van der Waals surface area contributed by atoms with Crippen molar-refractivity contribution < 1.29 is 28.6 Å². The Labute approximate surface area is 172 Å². The van der Waals surface area contributed by atoms with E-state index >= 15 is 0 Å². The number of ether oxygens (including phenoxy) is 3. The summed E-state index contributed by atoms with van der Waals surface area (Å²) in [6.07, 6.45) is 1.85. The Morgan fingerprint density at radius 2 is 1.86 bits per heavy atom. The molecule has 0 aromatic heterocycles. The van der Waals surface area contributed by atoms with Gasteiger partial charge in [0.2, 0.25) is 0 Å². The normalized spacial score (nSPS) is 46.0. The van der Waals surface area contributed by atoms with Gasteiger partial charge in [-0.05, 0) is 37.2 Å². The second-order valence-electron chi connectivity index (χ2n) is 10.1. The van der Waals surface area contributed by atoms with E-state index in [0.29, 0.717) is 37.7 Å². The highest BCUT2D eigenvalue weighted by Gasteiger charge is 2.76. The number of hydrogen-bond donors (Lipinski definition) is 0. The predicted octanol–water partition coefficient (Wildman–Crippen LogP) is 3.02. The molecule has 1 heterocycles. The first kappa shape index (κ1) is 20.7. The number of rotatable bonds is 2. The van der Waals surface area contributed by atoms with Crippen LogP contribution in [0.25, 0.3) is 0 Å². The number of Topliss-reactive ketones (excluding diaryl/α,β-unsaturated/α-hetero) is 2. The molecule has 0 N–H and O–H groups in total. The van der Waals surface area contributed by atoms with Crippen LogP contribution in [-0.4, -0.2) is 48.6 Å². The van der Waals surface area contributed by atoms with Crippen LogP contribution in [0.5, 0.6) is 0 Å². The lowest BCUT2D eigenvalue weighted by Gasteiger charge is -2.54. The van der Waals surface area contributed by atoms with Gasteiger partial charge >= 0.3 is 5.97 Å². The molecule has 3 saturated carbocycles. The van der Waals surface area contributed by atoms with Gasteiger partial charge < -0.3 is 14.2 Å². The number of methoxy groups -OCH3 is 1. The molecule has 29 heavy (non-hydrogen) atoms. The first-order chi connectivity index (χ1) is 13.5. The van der Waals surface area contributed by atoms with E-state index < -0.39 is 22.5 Å². The van der Waals surface area contributed by atoms with Crippen LogP contribution in [0.15, 0.2) is 12.2 Å². The van der Waals surface area contributed by atoms with Crippen molar-refractivity contribution in [2.24, 2.45) is 22.7 Å². The van der Waals surface area contributed by atoms with Crippen molar-refractivity contribution in [3.63, 3.8) is 0 Å². The minimum absolute atomic E-state index is 0.0689. The highest BCUT2D eigenvalue weighted by Crippen LogP contribution is 2.62. The molecule has 3 unspecified atom stereocenters. The van der Waals surface area contributed by atoms with Gasteiger partial charge in [0.25, 0.3) is 0 Å². The van der Waals surface area contributed by atoms with Crippen LogP contribution in [0, 0.1) is 22.7 Å². The number of epoxide rings is 1. The van der Waals surface area contributed by atoms with Crippen LogP contribution >= 0.6 is 0 Å². The van der Waals surface area contributed by atoms with Gasteiger partial charge in [0, 0.05) is 37.2 Å². The number of hydrogen-bond acceptors (Lipinski definition) is 6. The molecular weight excluding hydrogens is 372 g/mol. The number of esters is 1. The summed E-state index contributed by atoms with van der Waals surface area (Å²) < 4.78 is 17.5. The Balaban J connectivity index is 1.77. The summed E-state index contributed by atoms with van der Waals surface area (Å²) in [6, 6.07) is 0. The van der Waals surface area contributed by atoms with E-state index in [4.69, 9.17) is 14.2 Å². The Morgan fingerprint density at radius 3 is 2.48 bits per heavy atom. The van der Waals surface area contributed by atoms with Crippen LogP contribution in [0.3, 0.4) is 0 Å². The zero-order valence-corrected chi connectivity index (χ0v) is 18.1. The quantitative estimate of drug-likeness (QED) is 0.400. The van der Waals surface area contributed by atoms with Crippen LogP contribution in [0.2, 0.25) is 0 Å². The summed E-state index contributed by atoms with van der Waals surface area (Å²) in [7, 11) is 1.60. The van der Waals surface area contributed by atoms with Crippen molar-refractivity contribution in [1.29, 1.82) is 0 Å². The maximum absolute atomic E-state index is 13.5. The smallest absolute Gasteiger partial charge is 0.302 e. The molecule has 4 aliphatic rings. The van der Waals surface area contributed by atoms with E-state index in [2.05, 4.69) is 20.4 Å². The lowest BCUT2D eigenvalue weighted by molar-refractivity contribution is -0.175. The van der Waals surface area contributed by atoms with E-state index in [0.717, 1.165) is 0 Å². The average Bonchev–Trinajstić information content (AvgIpc) is 3.34. The summed E-state index contributed by atoms with van der Waals surface area (Å²) in [5.74, 6) is -0.374. The summed E-state index contributed by atoms with van der Waals surface area (Å²) in [4.78, 5) is 38.3. The molecular formula is C23H32O6. The molecule has 2 bridgehead atoms. The Hall–Kier alpha value is -1.53. The predicted molar refractivity (Wildman–Crippen MR) is 105 cm³/mol. The average molecular weight is 405 g/mol. The minimum atomic E-state index is -0.956. The fourth-order valence-electron chi connectivity index (χ4n) is 6.64. The number of fused-ring (bicyclic) bond motifs is 1. The van der Waals surface area contributed by atoms with Gasteiger partial charge in [0.1, 0.15) is 18.0 Å². The van der Waals surface area contributed by atoms with Gasteiger partial charge in [0.15, 0.2) is 11.4 Å². The molecule has 4 rings (SSSR count). The van der Waals surface area contributed by atoms with E-state index in [9.17, 15) is 14.4 Å². The van der Waals surface area contributed by atoms with Crippen LogP contribution in [0.4, 0.5) is 0 Å². The molecule has 0 aromatic rings. The zero-order valence-electron chi connectivity index (χ0n) is 18.1. The van der Waals surface area contributed by atoms with Gasteiger partial charge in [0.05, 0.1) is 6.10 Å². The minimum Gasteiger partial charge on any atom is -0.462 e. The molecule has 0 amide bonds. The van der Waals surface area contributed by atoms with Crippen molar-refractivity contribution in [3.05, 3.63) is 12.2 Å². The highest BCUT2D eigenvalue weighted by molar-refractivity contribution is 6.08. The highest BCUT2D eigenvalue weighted by atomic mass is 16.6. The fourth-order valence-corrected chi connectivity index (χ4v) is 6.64. The molecule has 0 aromatic carbocycles. The van der Waals surface area contributed by atoms with Crippen molar-refractivity contribution in [3.8, 4) is 0 Å². The third-order valence-electron chi connectivity index (χ3n) is 8.41. The molecule has 7 atom stereocenters. The second-order valence-corrected chi connectivity index (χ2v) is 10.1. The molecule has 6 heteroatoms. The maximum atomic E-state index is 13.5. The van der Waals surface area contributed by atoms with Gasteiger partial charge in [-0.2, -0.15) is 0 Å². The van der Waals surface area contributed by atoms with Gasteiger partial charge in [-0.25, -0.2) is 0 Å². The first-order valence-corrected chi connectivity index (χ1v) is 10.6. The van der Waals surface area contributed by atoms with Crippen LogP contribution < -0.4 is 0 Å². The third-order valence-corrected chi connectivity index (χ3v) is 8.41. The number of carbonyl (C=O) groups excluding carboxylic acids is 3. The van der Waals surface area contributed by atoms with Gasteiger partial charge in [-0.15, -0.1) is 0 Å². The van der Waals surface area contributed by atoms with Crippen LogP contribution in [-0.2, 0) is 28.6 Å². The maximum Gasteiger partial charge on any atom is 0.302 e. The molecule has 3 aliphatic carbocycles. The Bertz CT molecular complexity index is 784. The lowest BCUT2D eigenvalue weighted by atomic mass is 9.51. The Morgan fingerprint density at radius 1 is 1.17 bits per heavy atom. The lowest BCUT2D eigenvalue weighted by Crippen LogP contribution is -2.56. The summed E-state index contributed by atoms with van der Waals surface area (Å²) in [6.45, 7) is 11.6. The van der Waals surface area contributed by atoms with Gasteiger partial charge in [-0.3, -0.25) is 14.4 Å². The molecule has 1 aliphatic heterocycles. The van der Waals surface area contributed by atoms with Crippen LogP contribution in [0.1, 0.15) is 59.8 Å². The molecule has 0 spiro atoms. The molecule has 1 saturated heterocycles. The fraction of sp³-hybridized carbons (Fsp3) is 0.783. The van der Waals surface area contributed by atoms with Gasteiger partial charge in [-0.1, -0.05) is 27.4 Å². The standard InChI is InChI=1S/C23H32O6/c1-12-14-7-8-16(25)22(5)10-9-17(28-13(2)24)21(3,4)15(22)11-18(27-6)23(19(12)26)20(14)29-23/h14-15,17-18,20H,1,7-11H2,2-6H3/t14?,15?,17-,18+,20+,22+,23?/m0/s1. The monoisotopic (exact) mass is 404 g/mol. The number of ketones is 2. The Kier molecular flexibility index (Phi) is 4.63. The van der Waals surface area contributed by atoms with E-state index in [-0.39, 0.29) is 41.6 Å². The summed E-state index contributed by atoms with van der Waals surface area (Å²) in [5.41, 5.74) is -1.38. The van der Waals surface area contributed by atoms with Crippen molar-refractivity contribution in [2.45, 2.75) is 83.7 Å². The third kappa shape index (κ3) is 2.71. The van der Waals surface area contributed by atoms with E-state index in [1.807, 2.05) is 6.92 Å².